The predicted octanol–water partition coefficient (Wildman–Crippen LogP) is 3.46. The summed E-state index contributed by atoms with van der Waals surface area (Å²) in [6.07, 6.45) is 0. The van der Waals surface area contributed by atoms with Crippen LogP contribution in [0.15, 0.2) is 59.7 Å². The predicted molar refractivity (Wildman–Crippen MR) is 154 cm³/mol. The smallest absolute Gasteiger partial charge is 0.334 e. The Morgan fingerprint density at radius 1 is 0.795 bits per heavy atom. The Balaban J connectivity index is 1.54. The number of hydrogen-bond acceptors (Lipinski definition) is 10. The van der Waals surface area contributed by atoms with Gasteiger partial charge in [-0.2, -0.15) is 0 Å². The van der Waals surface area contributed by atoms with Gasteiger partial charge in [-0.25, -0.2) is 14.6 Å². The highest BCUT2D eigenvalue weighted by atomic mass is 79.9. The van der Waals surface area contributed by atoms with Gasteiger partial charge in [0.2, 0.25) is 23.6 Å². The fourth-order valence-corrected chi connectivity index (χ4v) is 8.80. The Kier molecular flexibility index (Phi) is 6.39. The maximum absolute atomic E-state index is 14.3. The number of benzene rings is 2. The molecule has 226 valence electrons. The number of anilines is 2. The highest BCUT2D eigenvalue weighted by Gasteiger charge is 2.81. The van der Waals surface area contributed by atoms with Gasteiger partial charge < -0.3 is 4.74 Å². The van der Waals surface area contributed by atoms with Gasteiger partial charge in [-0.1, -0.05) is 22.9 Å². The number of allylic oxidation sites excluding steroid dienone is 1. The molecule has 15 heteroatoms. The van der Waals surface area contributed by atoms with Crippen LogP contribution in [-0.2, 0) is 28.7 Å². The quantitative estimate of drug-likeness (QED) is 0.145. The second kappa shape index (κ2) is 9.61. The van der Waals surface area contributed by atoms with Crippen LogP contribution in [0.25, 0.3) is 0 Å². The zero-order chi connectivity index (χ0) is 32.0. The molecule has 3 aliphatic carbocycles. The maximum Gasteiger partial charge on any atom is 0.334 e. The van der Waals surface area contributed by atoms with Gasteiger partial charge in [0.05, 0.1) is 55.8 Å². The molecular formula is C29H23BrN4O10. The van der Waals surface area contributed by atoms with Crippen molar-refractivity contribution in [1.82, 2.24) is 0 Å². The molecule has 2 aliphatic heterocycles. The van der Waals surface area contributed by atoms with E-state index in [0.29, 0.717) is 0 Å². The molecule has 2 bridgehead atoms. The van der Waals surface area contributed by atoms with E-state index in [1.807, 2.05) is 0 Å². The third-order valence-corrected chi connectivity index (χ3v) is 11.0. The van der Waals surface area contributed by atoms with Crippen LogP contribution in [0.2, 0.25) is 0 Å². The minimum atomic E-state index is -1.69. The SMILES string of the molecule is CCOC(=O)C1=C(C)C2(Br)[C@@H]3C(=O)N(c4ccc([N+](=O)[O-])cc4)C(=O)[C@H]3C1(C)[C@H]1C(=O)N(c3ccc([N+](=O)[O-])cc3)C(=O)[C@@H]12. The monoisotopic (exact) mass is 666 g/mol. The highest BCUT2D eigenvalue weighted by molar-refractivity contribution is 9.10. The standard InChI is InChI=1S/C29H23BrN4O10/c1-4-44-27(39)18-13(2)29(30)21-19(23(35)31(25(21)37)14-5-9-16(10-6-14)33(40)41)28(18,3)20-22(29)26(38)32(24(20)36)15-7-11-17(12-8-15)34(42)43/h5-12,19-22H,4H2,1-3H3/t19-,20+,21-,22+,28?,29?. The van der Waals surface area contributed by atoms with E-state index in [-0.39, 0.29) is 40.5 Å². The number of halogens is 1. The summed E-state index contributed by atoms with van der Waals surface area (Å²) in [6, 6.07) is 9.63. The minimum Gasteiger partial charge on any atom is -0.463 e. The maximum atomic E-state index is 14.3. The van der Waals surface area contributed by atoms with E-state index < -0.39 is 72.9 Å². The van der Waals surface area contributed by atoms with E-state index in [0.717, 1.165) is 34.1 Å². The third kappa shape index (κ3) is 3.49. The molecular weight excluding hydrogens is 644 g/mol. The van der Waals surface area contributed by atoms with E-state index >= 15 is 0 Å². The topological polar surface area (TPSA) is 187 Å². The number of amides is 4. The molecule has 2 saturated heterocycles. The molecule has 5 aliphatic rings. The first-order valence-corrected chi connectivity index (χ1v) is 14.3. The van der Waals surface area contributed by atoms with Crippen LogP contribution in [0.5, 0.6) is 0 Å². The van der Waals surface area contributed by atoms with Crippen LogP contribution in [0.3, 0.4) is 0 Å². The van der Waals surface area contributed by atoms with E-state index in [4.69, 9.17) is 4.74 Å². The van der Waals surface area contributed by atoms with Crippen LogP contribution >= 0.6 is 15.9 Å². The number of ether oxygens (including phenoxy) is 1. The van der Waals surface area contributed by atoms with Gasteiger partial charge >= 0.3 is 5.97 Å². The molecule has 0 spiro atoms. The minimum absolute atomic E-state index is 0.0112. The molecule has 2 heterocycles. The van der Waals surface area contributed by atoms with Gasteiger partial charge in [0.1, 0.15) is 0 Å². The largest absolute Gasteiger partial charge is 0.463 e. The average molecular weight is 667 g/mol. The summed E-state index contributed by atoms with van der Waals surface area (Å²) in [4.78, 5) is 93.4. The number of carbonyl (C=O) groups is 5. The van der Waals surface area contributed by atoms with Crippen molar-refractivity contribution < 1.29 is 38.6 Å². The molecule has 4 amide bonds. The molecule has 14 nitrogen and oxygen atoms in total. The number of imide groups is 2. The first kappa shape index (κ1) is 29.3. The first-order chi connectivity index (χ1) is 20.7. The van der Waals surface area contributed by atoms with Crippen LogP contribution in [0, 0.1) is 49.3 Å². The lowest BCUT2D eigenvalue weighted by Gasteiger charge is -2.59. The molecule has 44 heavy (non-hydrogen) atoms. The number of nitro groups is 2. The van der Waals surface area contributed by atoms with Crippen molar-refractivity contribution in [2.45, 2.75) is 25.1 Å². The average Bonchev–Trinajstić information content (AvgIpc) is 3.42. The van der Waals surface area contributed by atoms with E-state index in [1.54, 1.807) is 13.8 Å². The van der Waals surface area contributed by atoms with Crippen LogP contribution in [0.1, 0.15) is 20.8 Å². The molecule has 2 aromatic rings. The van der Waals surface area contributed by atoms with Gasteiger partial charge in [0, 0.05) is 35.3 Å². The van der Waals surface area contributed by atoms with Gasteiger partial charge in [0.15, 0.2) is 0 Å². The number of esters is 1. The fraction of sp³-hybridized carbons (Fsp3) is 0.345. The number of hydrogen-bond donors (Lipinski definition) is 0. The van der Waals surface area contributed by atoms with Crippen molar-refractivity contribution >= 4 is 68.3 Å². The molecule has 7 rings (SSSR count). The Bertz CT molecular complexity index is 1650. The number of non-ortho nitro benzene ring substituents is 2. The molecule has 3 fully saturated rings. The van der Waals surface area contributed by atoms with E-state index in [9.17, 15) is 44.2 Å². The summed E-state index contributed by atoms with van der Waals surface area (Å²) < 4.78 is 3.69. The van der Waals surface area contributed by atoms with E-state index in [2.05, 4.69) is 15.9 Å². The summed E-state index contributed by atoms with van der Waals surface area (Å²) in [5, 5.41) is 22.4. The molecule has 2 unspecified atom stereocenters. The Morgan fingerprint density at radius 3 is 1.50 bits per heavy atom. The zero-order valence-electron chi connectivity index (χ0n) is 23.4. The van der Waals surface area contributed by atoms with Crippen LogP contribution in [0.4, 0.5) is 22.7 Å². The number of rotatable bonds is 6. The first-order valence-electron chi connectivity index (χ1n) is 13.5. The highest BCUT2D eigenvalue weighted by Crippen LogP contribution is 2.72. The lowest BCUT2D eigenvalue weighted by molar-refractivity contribution is -0.385. The van der Waals surface area contributed by atoms with Crippen molar-refractivity contribution in [2.75, 3.05) is 16.4 Å². The summed E-state index contributed by atoms with van der Waals surface area (Å²) >= 11 is 3.65. The second-order valence-electron chi connectivity index (χ2n) is 11.3. The number of nitrogens with zero attached hydrogens (tertiary/aromatic N) is 4. The van der Waals surface area contributed by atoms with Crippen molar-refractivity contribution in [3.05, 3.63) is 79.9 Å². The van der Waals surface area contributed by atoms with Crippen LogP contribution in [-0.4, -0.2) is 50.4 Å². The molecule has 2 aromatic carbocycles. The summed E-state index contributed by atoms with van der Waals surface area (Å²) in [7, 11) is 0. The van der Waals surface area contributed by atoms with Gasteiger partial charge in [0.25, 0.3) is 11.4 Å². The molecule has 0 radical (unpaired) electrons. The number of alkyl halides is 1. The van der Waals surface area contributed by atoms with Crippen LogP contribution < -0.4 is 9.80 Å². The fourth-order valence-electron chi connectivity index (χ4n) is 7.69. The lowest BCUT2D eigenvalue weighted by Crippen LogP contribution is -2.67. The Hall–Kier alpha value is -4.79. The number of carbonyl (C=O) groups excluding carboxylic acids is 5. The summed E-state index contributed by atoms with van der Waals surface area (Å²) in [5.74, 6) is -8.71. The normalized spacial score (nSPS) is 30.5. The van der Waals surface area contributed by atoms with Gasteiger partial charge in [-0.3, -0.25) is 39.4 Å². The van der Waals surface area contributed by atoms with Crippen molar-refractivity contribution in [2.24, 2.45) is 29.1 Å². The molecule has 1 saturated carbocycles. The van der Waals surface area contributed by atoms with Crippen molar-refractivity contribution in [3.63, 3.8) is 0 Å². The molecule has 6 atom stereocenters. The number of nitro benzene ring substituents is 2. The second-order valence-corrected chi connectivity index (χ2v) is 12.6. The molecule has 0 aromatic heterocycles. The van der Waals surface area contributed by atoms with Crippen molar-refractivity contribution in [3.8, 4) is 0 Å². The summed E-state index contributed by atoms with van der Waals surface area (Å²) in [6.45, 7) is 4.64. The van der Waals surface area contributed by atoms with E-state index in [1.165, 1.54) is 31.2 Å². The van der Waals surface area contributed by atoms with Gasteiger partial charge in [-0.15, -0.1) is 0 Å². The third-order valence-electron chi connectivity index (χ3n) is 9.42. The Labute approximate surface area is 257 Å². The Morgan fingerprint density at radius 2 is 1.16 bits per heavy atom. The lowest BCUT2D eigenvalue weighted by atomic mass is 9.43. The zero-order valence-corrected chi connectivity index (χ0v) is 25.0. The van der Waals surface area contributed by atoms with Crippen molar-refractivity contribution in [1.29, 1.82) is 0 Å². The van der Waals surface area contributed by atoms with Gasteiger partial charge in [-0.05, 0) is 43.7 Å². The summed E-state index contributed by atoms with van der Waals surface area (Å²) in [5.41, 5.74) is -1.79. The molecule has 0 N–H and O–H groups in total.